The predicted octanol–water partition coefficient (Wildman–Crippen LogP) is -1.72. The average Bonchev–Trinajstić information content (AvgIpc) is 3.63. The maximum Gasteiger partial charge on any atom is 1.00 e. The Hall–Kier alpha value is -2.79. The monoisotopic (exact) mass is 638 g/mol. The number of carboxylic acids is 1. The van der Waals surface area contributed by atoms with Gasteiger partial charge in [-0.3, -0.25) is 0 Å². The van der Waals surface area contributed by atoms with Gasteiger partial charge >= 0.3 is 59.1 Å². The van der Waals surface area contributed by atoms with Gasteiger partial charge < -0.3 is 30.2 Å². The van der Waals surface area contributed by atoms with Gasteiger partial charge in [-0.05, 0) is 81.1 Å². The molecule has 5 aliphatic rings. The van der Waals surface area contributed by atoms with Crippen LogP contribution in [0.15, 0.2) is 119 Å². The minimum absolute atomic E-state index is 0. The number of aliphatic hydroxyl groups is 1. The summed E-state index contributed by atoms with van der Waals surface area (Å²) in [5.74, 6) is -3.02. The molecule has 0 spiro atoms. The number of carboxylic acid groups (broad SMARTS) is 1. The maximum atomic E-state index is 12.7. The normalized spacial score (nSPS) is 23.1. The van der Waals surface area contributed by atoms with Crippen LogP contribution in [0.1, 0.15) is 67.2 Å². The van der Waals surface area contributed by atoms with E-state index in [4.69, 9.17) is 15.0 Å². The molecule has 8 bridgehead atoms. The van der Waals surface area contributed by atoms with Gasteiger partial charge in [0.2, 0.25) is 0 Å². The van der Waals surface area contributed by atoms with Crippen molar-refractivity contribution in [2.45, 2.75) is 67.2 Å². The number of fused-ring (bicyclic) bond motifs is 5. The van der Waals surface area contributed by atoms with Crippen molar-refractivity contribution in [3.05, 3.63) is 104 Å². The third-order valence-electron chi connectivity index (χ3n) is 9.01. The Bertz CT molecular complexity index is 1770. The van der Waals surface area contributed by atoms with Crippen molar-refractivity contribution >= 4 is 28.9 Å². The van der Waals surface area contributed by atoms with Crippen LogP contribution >= 0.6 is 0 Å². The molecule has 46 heavy (non-hydrogen) atoms. The van der Waals surface area contributed by atoms with Gasteiger partial charge in [0.15, 0.2) is 0 Å². The average molecular weight is 639 g/mol. The van der Waals surface area contributed by atoms with Crippen LogP contribution in [0, 0.1) is 11.8 Å². The Morgan fingerprint density at radius 3 is 2.22 bits per heavy atom. The van der Waals surface area contributed by atoms with E-state index < -0.39 is 18.3 Å². The molecule has 11 heteroatoms. The zero-order chi connectivity index (χ0) is 32.0. The van der Waals surface area contributed by atoms with Crippen LogP contribution in [0.3, 0.4) is 0 Å². The molecule has 0 aromatic heterocycles. The molecule has 0 amide bonds. The standard InChI is InChI=1S/C35H38N4O5.2Na/c1-8-21-17(4)25-13-27-19(6)23(11-10-16(3)40)33(38-27)24(12-31(41)42)34-32(35(43)44)20(7)28(39-34)15-30-22(9-2)18(5)26(37-30)14-29(21)36-25;;/h8,13-15,19,23,38,43-44H,1,9-12H2,2-7H3,(H,41,42);;/q;2*+1/p-2/t19-,23-;;/m0../s1. The van der Waals surface area contributed by atoms with Crippen LogP contribution in [0.4, 0.5) is 0 Å². The first kappa shape index (κ1) is 37.7. The number of hydrogen-bond acceptors (Lipinski definition) is 9. The van der Waals surface area contributed by atoms with Crippen molar-refractivity contribution in [3.63, 3.8) is 0 Å². The third kappa shape index (κ3) is 6.91. The van der Waals surface area contributed by atoms with Gasteiger partial charge in [0.25, 0.3) is 0 Å². The second-order valence-corrected chi connectivity index (χ2v) is 11.7. The number of aliphatic hydroxyl groups excluding tert-OH is 1. The summed E-state index contributed by atoms with van der Waals surface area (Å²) in [6.07, 6.45) is 8.31. The van der Waals surface area contributed by atoms with Gasteiger partial charge in [-0.15, -0.1) is 0 Å². The first-order valence-electron chi connectivity index (χ1n) is 14.8. The van der Waals surface area contributed by atoms with Crippen molar-refractivity contribution < 1.29 is 84.0 Å². The summed E-state index contributed by atoms with van der Waals surface area (Å²) in [6, 6.07) is 0. The van der Waals surface area contributed by atoms with Gasteiger partial charge in [-0.2, -0.15) is 0 Å². The SMILES string of the molecule is C=CC1=C(C)C2=NC1=CC1=NC(=CC3=C(C)C(=C([O-])O)C(=N3)C(CC(=O)[O-])=C3NC(=C2)[C@@H](C)[C@@H]3CCC(C)=O)C(CC)=C1C.[Na+].[Na+]. The molecule has 1 saturated heterocycles. The van der Waals surface area contributed by atoms with Crippen molar-refractivity contribution in [2.24, 2.45) is 26.8 Å². The molecule has 0 saturated carbocycles. The second-order valence-electron chi connectivity index (χ2n) is 11.7. The molecule has 9 nitrogen and oxygen atoms in total. The number of hydrogen-bond donors (Lipinski definition) is 2. The summed E-state index contributed by atoms with van der Waals surface area (Å²) in [5.41, 5.74) is 9.06. The van der Waals surface area contributed by atoms with Crippen molar-refractivity contribution in [3.8, 4) is 0 Å². The zero-order valence-corrected chi connectivity index (χ0v) is 31.9. The van der Waals surface area contributed by atoms with Gasteiger partial charge in [-0.1, -0.05) is 26.5 Å². The molecule has 2 N–H and O–H groups in total. The maximum absolute atomic E-state index is 12.7. The smallest absolute Gasteiger partial charge is 0.629 e. The van der Waals surface area contributed by atoms with Gasteiger partial charge in [-0.25, -0.2) is 15.0 Å². The Morgan fingerprint density at radius 1 is 0.978 bits per heavy atom. The fraction of sp³-hybridized carbons (Fsp3) is 0.343. The molecule has 1 fully saturated rings. The molecule has 0 aliphatic carbocycles. The molecule has 5 rings (SSSR count). The van der Waals surface area contributed by atoms with Gasteiger partial charge in [0, 0.05) is 58.8 Å². The topological polar surface area (TPSA) is 150 Å². The molecule has 5 aliphatic heterocycles. The van der Waals surface area contributed by atoms with E-state index in [9.17, 15) is 24.9 Å². The van der Waals surface area contributed by atoms with Crippen LogP contribution in [-0.4, -0.2) is 34.0 Å². The predicted molar refractivity (Wildman–Crippen MR) is 167 cm³/mol. The van der Waals surface area contributed by atoms with Crippen molar-refractivity contribution in [2.75, 3.05) is 0 Å². The van der Waals surface area contributed by atoms with Crippen LogP contribution in [0.5, 0.6) is 0 Å². The molecule has 0 radical (unpaired) electrons. The Morgan fingerprint density at radius 2 is 1.63 bits per heavy atom. The summed E-state index contributed by atoms with van der Waals surface area (Å²) < 4.78 is 0. The van der Waals surface area contributed by atoms with E-state index in [1.54, 1.807) is 19.1 Å². The minimum Gasteiger partial charge on any atom is -0.629 e. The number of ketones is 1. The van der Waals surface area contributed by atoms with E-state index in [2.05, 4.69) is 11.9 Å². The van der Waals surface area contributed by atoms with E-state index in [0.717, 1.165) is 45.1 Å². The Balaban J connectivity index is 0.00000288. The number of carbonyl (C=O) groups is 2. The fourth-order valence-electron chi connectivity index (χ4n) is 6.54. The van der Waals surface area contributed by atoms with Crippen molar-refractivity contribution in [1.29, 1.82) is 0 Å². The van der Waals surface area contributed by atoms with Crippen molar-refractivity contribution in [1.82, 2.24) is 5.32 Å². The minimum atomic E-state index is -1.36. The Kier molecular flexibility index (Phi) is 12.3. The third-order valence-corrected chi connectivity index (χ3v) is 9.01. The Labute approximate surface area is 314 Å². The van der Waals surface area contributed by atoms with Crippen LogP contribution in [0.25, 0.3) is 0 Å². The molecular weight excluding hydrogens is 602 g/mol. The summed E-state index contributed by atoms with van der Waals surface area (Å²) >= 11 is 0. The van der Waals surface area contributed by atoms with Gasteiger partial charge in [0.05, 0.1) is 40.2 Å². The number of Topliss-reactive ketones (excluding diaryl/α,β-unsaturated/α-hetero) is 1. The van der Waals surface area contributed by atoms with Crippen LogP contribution in [0.2, 0.25) is 0 Å². The van der Waals surface area contributed by atoms with Crippen LogP contribution in [-0.2, 0) is 9.59 Å². The number of rotatable bonds is 7. The number of aliphatic carboxylic acids is 1. The molecule has 0 aromatic rings. The molecule has 0 unspecified atom stereocenters. The molecule has 228 valence electrons. The summed E-state index contributed by atoms with van der Waals surface area (Å²) in [7, 11) is 0. The fourth-order valence-corrected chi connectivity index (χ4v) is 6.54. The summed E-state index contributed by atoms with van der Waals surface area (Å²) in [4.78, 5) is 38.9. The second kappa shape index (κ2) is 15.0. The van der Waals surface area contributed by atoms with Gasteiger partial charge in [0.1, 0.15) is 5.78 Å². The summed E-state index contributed by atoms with van der Waals surface area (Å²) in [5, 5.41) is 38.7. The van der Waals surface area contributed by atoms with Crippen LogP contribution < -0.4 is 74.6 Å². The molecule has 5 heterocycles. The van der Waals surface area contributed by atoms with E-state index in [-0.39, 0.29) is 100 Å². The number of nitrogens with one attached hydrogen (secondary N) is 1. The van der Waals surface area contributed by atoms with E-state index in [1.165, 1.54) is 6.92 Å². The number of nitrogens with zero attached hydrogens (tertiary/aromatic N) is 3. The van der Waals surface area contributed by atoms with E-state index >= 15 is 0 Å². The number of aliphatic imine (C=N–C) groups is 3. The molecule has 0 aromatic carbocycles. The largest absolute Gasteiger partial charge is 1.00 e. The van der Waals surface area contributed by atoms with E-state index in [1.807, 2.05) is 39.8 Å². The molecule has 2 atom stereocenters. The summed E-state index contributed by atoms with van der Waals surface area (Å²) in [6.45, 7) is 15.2. The first-order chi connectivity index (χ1) is 20.9. The number of allylic oxidation sites excluding steroid dienone is 11. The number of carbonyl (C=O) groups excluding carboxylic acids is 2. The quantitative estimate of drug-likeness (QED) is 0.250. The van der Waals surface area contributed by atoms with E-state index in [0.29, 0.717) is 35.5 Å². The zero-order valence-electron chi connectivity index (χ0n) is 27.9. The molecular formula is C35H36N4Na2O5. The first-order valence-corrected chi connectivity index (χ1v) is 14.8.